The van der Waals surface area contributed by atoms with Crippen LogP contribution in [-0.2, 0) is 6.18 Å². The van der Waals surface area contributed by atoms with E-state index in [4.69, 9.17) is 0 Å². The zero-order valence-corrected chi connectivity index (χ0v) is 14.7. The average Bonchev–Trinajstić information content (AvgIpc) is 3.29. The van der Waals surface area contributed by atoms with Crippen molar-refractivity contribution in [2.45, 2.75) is 25.4 Å². The highest BCUT2D eigenvalue weighted by Crippen LogP contribution is 2.34. The Morgan fingerprint density at radius 1 is 1.07 bits per heavy atom. The zero-order valence-electron chi connectivity index (χ0n) is 13.9. The number of piperidine rings is 1. The van der Waals surface area contributed by atoms with E-state index in [9.17, 15) is 18.0 Å². The van der Waals surface area contributed by atoms with Crippen LogP contribution in [0.3, 0.4) is 0 Å². The van der Waals surface area contributed by atoms with E-state index in [1.54, 1.807) is 6.07 Å². The maximum absolute atomic E-state index is 12.7. The SMILES string of the molecule is O=c1c(-c2nnc(C(F)(F)F)s2)c[nH]n1-c1cc(N2CCCCC2)ncn1. The Morgan fingerprint density at radius 3 is 2.52 bits per heavy atom. The lowest BCUT2D eigenvalue weighted by Gasteiger charge is -2.27. The molecule has 4 heterocycles. The topological polar surface area (TPSA) is 92.6 Å². The Morgan fingerprint density at radius 2 is 1.81 bits per heavy atom. The van der Waals surface area contributed by atoms with Crippen LogP contribution >= 0.6 is 11.3 Å². The molecule has 3 aromatic rings. The van der Waals surface area contributed by atoms with Crippen molar-refractivity contribution in [2.24, 2.45) is 0 Å². The number of halogens is 3. The van der Waals surface area contributed by atoms with Crippen molar-refractivity contribution >= 4 is 17.2 Å². The van der Waals surface area contributed by atoms with E-state index in [-0.39, 0.29) is 10.6 Å². The molecule has 0 spiro atoms. The molecule has 27 heavy (non-hydrogen) atoms. The first-order valence-electron chi connectivity index (χ1n) is 8.22. The minimum atomic E-state index is -4.60. The first-order chi connectivity index (χ1) is 12.9. The van der Waals surface area contributed by atoms with Gasteiger partial charge in [0.2, 0.25) is 5.01 Å². The summed E-state index contributed by atoms with van der Waals surface area (Å²) in [5.74, 6) is 1.01. The van der Waals surface area contributed by atoms with E-state index in [0.717, 1.165) is 30.6 Å². The summed E-state index contributed by atoms with van der Waals surface area (Å²) in [7, 11) is 0. The maximum Gasteiger partial charge on any atom is 0.445 e. The van der Waals surface area contributed by atoms with E-state index in [0.29, 0.717) is 23.0 Å². The molecule has 3 aromatic heterocycles. The summed E-state index contributed by atoms with van der Waals surface area (Å²) in [6.45, 7) is 1.76. The molecule has 0 unspecified atom stereocenters. The summed E-state index contributed by atoms with van der Waals surface area (Å²) in [6.07, 6.45) is 1.39. The van der Waals surface area contributed by atoms with Gasteiger partial charge in [0.25, 0.3) is 5.56 Å². The van der Waals surface area contributed by atoms with Gasteiger partial charge in [-0.1, -0.05) is 11.3 Å². The van der Waals surface area contributed by atoms with Gasteiger partial charge in [-0.15, -0.1) is 10.2 Å². The lowest BCUT2D eigenvalue weighted by molar-refractivity contribution is -0.138. The van der Waals surface area contributed by atoms with Gasteiger partial charge in [-0.25, -0.2) is 14.6 Å². The Labute approximate surface area is 154 Å². The molecule has 0 amide bonds. The quantitative estimate of drug-likeness (QED) is 0.730. The zero-order chi connectivity index (χ0) is 19.0. The minimum Gasteiger partial charge on any atom is -0.356 e. The highest BCUT2D eigenvalue weighted by atomic mass is 32.1. The molecular weight excluding hydrogens is 383 g/mol. The summed E-state index contributed by atoms with van der Waals surface area (Å²) in [5, 5.41) is 8.12. The van der Waals surface area contributed by atoms with Crippen LogP contribution in [0.4, 0.5) is 19.0 Å². The van der Waals surface area contributed by atoms with Gasteiger partial charge in [-0.2, -0.15) is 13.2 Å². The summed E-state index contributed by atoms with van der Waals surface area (Å²) >= 11 is 0.320. The molecular formula is C15H14F3N7OS. The second-order valence-electron chi connectivity index (χ2n) is 6.02. The van der Waals surface area contributed by atoms with Crippen LogP contribution < -0.4 is 10.5 Å². The third-order valence-electron chi connectivity index (χ3n) is 4.22. The average molecular weight is 397 g/mol. The van der Waals surface area contributed by atoms with Gasteiger partial charge >= 0.3 is 6.18 Å². The number of hydrogen-bond donors (Lipinski definition) is 1. The van der Waals surface area contributed by atoms with Crippen LogP contribution in [0.15, 0.2) is 23.4 Å². The van der Waals surface area contributed by atoms with Crippen LogP contribution in [-0.4, -0.2) is 43.0 Å². The largest absolute Gasteiger partial charge is 0.445 e. The fourth-order valence-corrected chi connectivity index (χ4v) is 3.61. The third-order valence-corrected chi connectivity index (χ3v) is 5.22. The maximum atomic E-state index is 12.7. The molecule has 0 saturated carbocycles. The second kappa shape index (κ2) is 6.76. The fraction of sp³-hybridized carbons (Fsp3) is 0.400. The van der Waals surface area contributed by atoms with Gasteiger partial charge in [0.1, 0.15) is 12.1 Å². The van der Waals surface area contributed by atoms with Crippen molar-refractivity contribution in [1.29, 1.82) is 0 Å². The number of H-pyrrole nitrogens is 1. The number of nitrogens with zero attached hydrogens (tertiary/aromatic N) is 6. The van der Waals surface area contributed by atoms with Gasteiger partial charge in [0.05, 0.1) is 5.56 Å². The van der Waals surface area contributed by atoms with E-state index in [1.165, 1.54) is 18.9 Å². The molecule has 0 radical (unpaired) electrons. The smallest absolute Gasteiger partial charge is 0.356 e. The molecule has 1 aliphatic rings. The monoisotopic (exact) mass is 397 g/mol. The van der Waals surface area contributed by atoms with Crippen LogP contribution in [0, 0.1) is 0 Å². The van der Waals surface area contributed by atoms with Crippen molar-refractivity contribution < 1.29 is 13.2 Å². The number of aromatic nitrogens is 6. The van der Waals surface area contributed by atoms with Crippen LogP contribution in [0.5, 0.6) is 0 Å². The normalized spacial score (nSPS) is 15.3. The Kier molecular flexibility index (Phi) is 4.42. The molecule has 0 aliphatic carbocycles. The predicted octanol–water partition coefficient (Wildman–Crippen LogP) is 2.48. The molecule has 1 saturated heterocycles. The number of hydrogen-bond acceptors (Lipinski definition) is 7. The van der Waals surface area contributed by atoms with Crippen LogP contribution in [0.2, 0.25) is 0 Å². The summed E-state index contributed by atoms with van der Waals surface area (Å²) < 4.78 is 39.3. The van der Waals surface area contributed by atoms with Gasteiger partial charge in [0.15, 0.2) is 10.8 Å². The van der Waals surface area contributed by atoms with Gasteiger partial charge < -0.3 is 4.90 Å². The molecule has 142 valence electrons. The van der Waals surface area contributed by atoms with Crippen molar-refractivity contribution in [3.63, 3.8) is 0 Å². The fourth-order valence-electron chi connectivity index (χ4n) is 2.90. The molecule has 1 N–H and O–H groups in total. The highest BCUT2D eigenvalue weighted by molar-refractivity contribution is 7.14. The molecule has 1 fully saturated rings. The summed E-state index contributed by atoms with van der Waals surface area (Å²) in [4.78, 5) is 23.1. The third kappa shape index (κ3) is 3.44. The molecule has 0 bridgehead atoms. The van der Waals surface area contributed by atoms with E-state index < -0.39 is 16.7 Å². The van der Waals surface area contributed by atoms with Crippen molar-refractivity contribution in [3.8, 4) is 16.4 Å². The lowest BCUT2D eigenvalue weighted by atomic mass is 10.1. The van der Waals surface area contributed by atoms with Crippen molar-refractivity contribution in [3.05, 3.63) is 34.0 Å². The Hall–Kier alpha value is -2.76. The number of anilines is 1. The number of nitrogens with one attached hydrogen (secondary N) is 1. The van der Waals surface area contributed by atoms with Crippen molar-refractivity contribution in [1.82, 2.24) is 29.9 Å². The number of alkyl halides is 3. The first-order valence-corrected chi connectivity index (χ1v) is 9.04. The molecule has 8 nitrogen and oxygen atoms in total. The molecule has 0 atom stereocenters. The lowest BCUT2D eigenvalue weighted by Crippen LogP contribution is -2.30. The minimum absolute atomic E-state index is 0.00105. The molecule has 0 aromatic carbocycles. The standard InChI is InChI=1S/C15H14F3N7OS/c16-15(17,18)14-23-22-12(27-14)9-7-21-25(13(9)26)11-6-10(19-8-20-11)24-4-2-1-3-5-24/h6-8,21H,1-5H2. The predicted molar refractivity (Wildman–Crippen MR) is 91.9 cm³/mol. The van der Waals surface area contributed by atoms with Crippen LogP contribution in [0.1, 0.15) is 24.3 Å². The highest BCUT2D eigenvalue weighted by Gasteiger charge is 2.36. The Bertz CT molecular complexity index is 1000. The first kappa shape index (κ1) is 17.6. The van der Waals surface area contributed by atoms with Gasteiger partial charge in [-0.05, 0) is 19.3 Å². The number of rotatable bonds is 3. The van der Waals surface area contributed by atoms with E-state index in [2.05, 4.69) is 30.2 Å². The molecule has 1 aliphatic heterocycles. The number of aromatic amines is 1. The van der Waals surface area contributed by atoms with Gasteiger partial charge in [-0.3, -0.25) is 9.89 Å². The van der Waals surface area contributed by atoms with E-state index >= 15 is 0 Å². The van der Waals surface area contributed by atoms with Crippen molar-refractivity contribution in [2.75, 3.05) is 18.0 Å². The molecule has 12 heteroatoms. The van der Waals surface area contributed by atoms with Gasteiger partial charge in [0, 0.05) is 25.4 Å². The second-order valence-corrected chi connectivity index (χ2v) is 7.00. The van der Waals surface area contributed by atoms with Crippen LogP contribution in [0.25, 0.3) is 16.4 Å². The molecule has 4 rings (SSSR count). The summed E-state index contributed by atoms with van der Waals surface area (Å²) in [5.41, 5.74) is -0.552. The Balaban J connectivity index is 1.66. The summed E-state index contributed by atoms with van der Waals surface area (Å²) in [6, 6.07) is 1.67. The van der Waals surface area contributed by atoms with E-state index in [1.807, 2.05) is 0 Å².